The van der Waals surface area contributed by atoms with Crippen molar-refractivity contribution < 1.29 is 0 Å². The van der Waals surface area contributed by atoms with Gasteiger partial charge in [0.05, 0.1) is 0 Å². The molecular formula is C13H22N2. The summed E-state index contributed by atoms with van der Waals surface area (Å²) in [6.45, 7) is 9.39. The summed E-state index contributed by atoms with van der Waals surface area (Å²) in [5.41, 5.74) is 3.97. The SMILES string of the molecule is CC.Cc1cc(C)c2c(n1)N(C)CCC2. The third-order valence-electron chi connectivity index (χ3n) is 2.74. The van der Waals surface area contributed by atoms with Crippen LogP contribution in [-0.4, -0.2) is 18.6 Å². The predicted octanol–water partition coefficient (Wildman–Crippen LogP) is 3.11. The summed E-state index contributed by atoms with van der Waals surface area (Å²) < 4.78 is 0. The fourth-order valence-corrected chi connectivity index (χ4v) is 2.07. The van der Waals surface area contributed by atoms with Crippen LogP contribution < -0.4 is 4.90 Å². The highest BCUT2D eigenvalue weighted by molar-refractivity contribution is 5.52. The van der Waals surface area contributed by atoms with Gasteiger partial charge in [-0.2, -0.15) is 0 Å². The molecule has 1 aliphatic heterocycles. The summed E-state index contributed by atoms with van der Waals surface area (Å²) >= 11 is 0. The van der Waals surface area contributed by atoms with Crippen LogP contribution in [-0.2, 0) is 6.42 Å². The normalized spacial score (nSPS) is 14.1. The Kier molecular flexibility index (Phi) is 4.13. The van der Waals surface area contributed by atoms with E-state index in [-0.39, 0.29) is 0 Å². The summed E-state index contributed by atoms with van der Waals surface area (Å²) in [5.74, 6) is 1.20. The van der Waals surface area contributed by atoms with Crippen molar-refractivity contribution in [1.29, 1.82) is 0 Å². The molecule has 0 atom stereocenters. The molecular weight excluding hydrogens is 184 g/mol. The number of anilines is 1. The Labute approximate surface area is 93.3 Å². The van der Waals surface area contributed by atoms with Gasteiger partial charge in [0, 0.05) is 19.3 Å². The quantitative estimate of drug-likeness (QED) is 0.648. The van der Waals surface area contributed by atoms with Gasteiger partial charge in [-0.05, 0) is 43.9 Å². The lowest BCUT2D eigenvalue weighted by atomic mass is 10.0. The molecule has 0 N–H and O–H groups in total. The molecule has 0 bridgehead atoms. The largest absolute Gasteiger partial charge is 0.359 e. The monoisotopic (exact) mass is 206 g/mol. The number of rotatable bonds is 0. The Balaban J connectivity index is 0.000000531. The highest BCUT2D eigenvalue weighted by Gasteiger charge is 2.16. The molecule has 0 aromatic carbocycles. The van der Waals surface area contributed by atoms with Gasteiger partial charge in [0.2, 0.25) is 0 Å². The van der Waals surface area contributed by atoms with Crippen LogP contribution in [0, 0.1) is 13.8 Å². The molecule has 15 heavy (non-hydrogen) atoms. The molecule has 0 saturated carbocycles. The van der Waals surface area contributed by atoms with Gasteiger partial charge >= 0.3 is 0 Å². The van der Waals surface area contributed by atoms with Crippen LogP contribution in [0.15, 0.2) is 6.07 Å². The highest BCUT2D eigenvalue weighted by atomic mass is 15.2. The van der Waals surface area contributed by atoms with E-state index in [1.165, 1.54) is 29.8 Å². The Bertz CT molecular complexity index is 332. The second kappa shape index (κ2) is 5.15. The number of nitrogens with zero attached hydrogens (tertiary/aromatic N) is 2. The number of fused-ring (bicyclic) bond motifs is 1. The average molecular weight is 206 g/mol. The van der Waals surface area contributed by atoms with E-state index in [0.717, 1.165) is 12.2 Å². The zero-order chi connectivity index (χ0) is 11.4. The van der Waals surface area contributed by atoms with Gasteiger partial charge in [-0.15, -0.1) is 0 Å². The van der Waals surface area contributed by atoms with E-state index in [9.17, 15) is 0 Å². The van der Waals surface area contributed by atoms with E-state index < -0.39 is 0 Å². The Morgan fingerprint density at radius 2 is 1.93 bits per heavy atom. The average Bonchev–Trinajstić information content (AvgIpc) is 2.23. The third-order valence-corrected chi connectivity index (χ3v) is 2.74. The van der Waals surface area contributed by atoms with Crippen LogP contribution >= 0.6 is 0 Å². The van der Waals surface area contributed by atoms with E-state index >= 15 is 0 Å². The fourth-order valence-electron chi connectivity index (χ4n) is 2.07. The molecule has 2 rings (SSSR count). The van der Waals surface area contributed by atoms with Gasteiger partial charge in [-0.25, -0.2) is 4.98 Å². The molecule has 0 radical (unpaired) electrons. The van der Waals surface area contributed by atoms with Crippen LogP contribution in [0.25, 0.3) is 0 Å². The third kappa shape index (κ3) is 2.49. The lowest BCUT2D eigenvalue weighted by molar-refractivity contribution is 0.723. The molecule has 1 aromatic rings. The molecule has 0 amide bonds. The smallest absolute Gasteiger partial charge is 0.132 e. The fraction of sp³-hybridized carbons (Fsp3) is 0.615. The summed E-state index contributed by atoms with van der Waals surface area (Å²) in [6.07, 6.45) is 2.45. The van der Waals surface area contributed by atoms with Crippen molar-refractivity contribution >= 4 is 5.82 Å². The minimum Gasteiger partial charge on any atom is -0.359 e. The number of aromatic nitrogens is 1. The van der Waals surface area contributed by atoms with Crippen molar-refractivity contribution in [2.24, 2.45) is 0 Å². The Morgan fingerprint density at radius 1 is 1.27 bits per heavy atom. The van der Waals surface area contributed by atoms with Crippen LogP contribution in [0.3, 0.4) is 0 Å². The first-order valence-electron chi connectivity index (χ1n) is 5.87. The van der Waals surface area contributed by atoms with Crippen LogP contribution in [0.1, 0.15) is 37.1 Å². The second-order valence-electron chi connectivity index (χ2n) is 3.91. The van der Waals surface area contributed by atoms with Crippen LogP contribution in [0.2, 0.25) is 0 Å². The van der Waals surface area contributed by atoms with Crippen molar-refractivity contribution in [2.45, 2.75) is 40.5 Å². The van der Waals surface area contributed by atoms with Crippen LogP contribution in [0.5, 0.6) is 0 Å². The zero-order valence-electron chi connectivity index (χ0n) is 10.6. The summed E-state index contributed by atoms with van der Waals surface area (Å²) in [6, 6.07) is 2.18. The summed E-state index contributed by atoms with van der Waals surface area (Å²) in [7, 11) is 2.13. The van der Waals surface area contributed by atoms with Gasteiger partial charge in [0.15, 0.2) is 0 Å². The second-order valence-corrected chi connectivity index (χ2v) is 3.91. The zero-order valence-corrected chi connectivity index (χ0v) is 10.6. The van der Waals surface area contributed by atoms with Gasteiger partial charge in [0.1, 0.15) is 5.82 Å². The van der Waals surface area contributed by atoms with Crippen molar-refractivity contribution in [1.82, 2.24) is 4.98 Å². The van der Waals surface area contributed by atoms with Crippen LogP contribution in [0.4, 0.5) is 5.82 Å². The molecule has 0 fully saturated rings. The number of pyridine rings is 1. The minimum atomic E-state index is 1.13. The lowest BCUT2D eigenvalue weighted by Crippen LogP contribution is -2.26. The van der Waals surface area contributed by atoms with E-state index in [1.807, 2.05) is 13.8 Å². The molecule has 1 aromatic heterocycles. The highest BCUT2D eigenvalue weighted by Crippen LogP contribution is 2.26. The maximum absolute atomic E-state index is 4.58. The molecule has 0 aliphatic carbocycles. The Morgan fingerprint density at radius 3 is 2.60 bits per heavy atom. The van der Waals surface area contributed by atoms with Gasteiger partial charge in [-0.1, -0.05) is 13.8 Å². The molecule has 1 aliphatic rings. The predicted molar refractivity (Wildman–Crippen MR) is 66.7 cm³/mol. The van der Waals surface area contributed by atoms with E-state index in [1.54, 1.807) is 0 Å². The van der Waals surface area contributed by atoms with E-state index in [0.29, 0.717) is 0 Å². The first-order chi connectivity index (χ1) is 7.18. The maximum atomic E-state index is 4.58. The first kappa shape index (κ1) is 12.0. The standard InChI is InChI=1S/C11H16N2.C2H6/c1-8-7-9(2)12-11-10(8)5-4-6-13(11)3;1-2/h7H,4-6H2,1-3H3;1-2H3. The maximum Gasteiger partial charge on any atom is 0.132 e. The van der Waals surface area contributed by atoms with Crippen molar-refractivity contribution in [3.63, 3.8) is 0 Å². The summed E-state index contributed by atoms with van der Waals surface area (Å²) in [4.78, 5) is 6.84. The van der Waals surface area contributed by atoms with E-state index in [4.69, 9.17) is 0 Å². The number of hydrogen-bond acceptors (Lipinski definition) is 2. The van der Waals surface area contributed by atoms with Crippen molar-refractivity contribution in [3.8, 4) is 0 Å². The molecule has 2 heteroatoms. The van der Waals surface area contributed by atoms with Crippen molar-refractivity contribution in [2.75, 3.05) is 18.5 Å². The van der Waals surface area contributed by atoms with Gasteiger partial charge in [0.25, 0.3) is 0 Å². The topological polar surface area (TPSA) is 16.1 Å². The van der Waals surface area contributed by atoms with E-state index in [2.05, 4.69) is 36.8 Å². The molecule has 0 unspecified atom stereocenters. The summed E-state index contributed by atoms with van der Waals surface area (Å²) in [5, 5.41) is 0. The van der Waals surface area contributed by atoms with Crippen molar-refractivity contribution in [3.05, 3.63) is 22.9 Å². The van der Waals surface area contributed by atoms with Gasteiger partial charge < -0.3 is 4.90 Å². The molecule has 84 valence electrons. The lowest BCUT2D eigenvalue weighted by Gasteiger charge is -2.27. The molecule has 2 nitrogen and oxygen atoms in total. The molecule has 0 saturated heterocycles. The minimum absolute atomic E-state index is 1.13. The number of hydrogen-bond donors (Lipinski definition) is 0. The molecule has 2 heterocycles. The Hall–Kier alpha value is -1.05. The first-order valence-corrected chi connectivity index (χ1v) is 5.87. The number of aryl methyl sites for hydroxylation is 2. The molecule has 0 spiro atoms. The van der Waals surface area contributed by atoms with Gasteiger partial charge in [-0.3, -0.25) is 0 Å².